The highest BCUT2D eigenvalue weighted by Crippen LogP contribution is 2.14. The SMILES string of the molecule is CCC(Cl)CCNc1ccc(S(=O)(=O)N(C)C)cn1. The van der Waals surface area contributed by atoms with E-state index < -0.39 is 10.0 Å². The highest BCUT2D eigenvalue weighted by atomic mass is 35.5. The lowest BCUT2D eigenvalue weighted by Crippen LogP contribution is -2.22. The van der Waals surface area contributed by atoms with Crippen molar-refractivity contribution in [2.24, 2.45) is 0 Å². The Kier molecular flexibility index (Phi) is 6.03. The van der Waals surface area contributed by atoms with Gasteiger partial charge in [-0.15, -0.1) is 11.6 Å². The summed E-state index contributed by atoms with van der Waals surface area (Å²) in [5.74, 6) is 0.651. The smallest absolute Gasteiger partial charge is 0.244 e. The molecule has 0 saturated carbocycles. The van der Waals surface area contributed by atoms with Crippen LogP contribution in [0.15, 0.2) is 23.2 Å². The van der Waals surface area contributed by atoms with Crippen LogP contribution in [0, 0.1) is 0 Å². The molecular formula is C12H20ClN3O2S. The molecule has 0 saturated heterocycles. The Labute approximate surface area is 120 Å². The standard InChI is InChI=1S/C12H20ClN3O2S/c1-4-10(13)7-8-14-12-6-5-11(9-15-12)19(17,18)16(2)3/h5-6,9-10H,4,7-8H2,1-3H3,(H,14,15). The molecule has 0 spiro atoms. The van der Waals surface area contributed by atoms with E-state index in [9.17, 15) is 8.42 Å². The Bertz CT molecular complexity index is 488. The number of aromatic nitrogens is 1. The van der Waals surface area contributed by atoms with E-state index in [4.69, 9.17) is 11.6 Å². The first-order chi connectivity index (χ1) is 8.87. The first kappa shape index (κ1) is 16.2. The molecule has 0 radical (unpaired) electrons. The van der Waals surface area contributed by atoms with E-state index in [1.54, 1.807) is 12.1 Å². The van der Waals surface area contributed by atoms with E-state index in [0.29, 0.717) is 5.82 Å². The van der Waals surface area contributed by atoms with Crippen LogP contribution in [0.1, 0.15) is 19.8 Å². The topological polar surface area (TPSA) is 62.3 Å². The fourth-order valence-electron chi connectivity index (χ4n) is 1.41. The van der Waals surface area contributed by atoms with Gasteiger partial charge in [-0.1, -0.05) is 6.92 Å². The summed E-state index contributed by atoms with van der Waals surface area (Å²) in [6.45, 7) is 2.76. The van der Waals surface area contributed by atoms with Crippen LogP contribution in [0.3, 0.4) is 0 Å². The Balaban J connectivity index is 2.62. The second-order valence-electron chi connectivity index (χ2n) is 4.39. The molecule has 0 aliphatic carbocycles. The number of nitrogens with one attached hydrogen (secondary N) is 1. The van der Waals surface area contributed by atoms with Gasteiger partial charge >= 0.3 is 0 Å². The van der Waals surface area contributed by atoms with Crippen LogP contribution in [0.4, 0.5) is 5.82 Å². The van der Waals surface area contributed by atoms with Crippen molar-refractivity contribution in [3.8, 4) is 0 Å². The van der Waals surface area contributed by atoms with Gasteiger partial charge in [-0.05, 0) is 25.0 Å². The molecule has 0 amide bonds. The minimum absolute atomic E-state index is 0.154. The van der Waals surface area contributed by atoms with Gasteiger partial charge in [0.1, 0.15) is 10.7 Å². The van der Waals surface area contributed by atoms with E-state index in [1.807, 2.05) is 6.92 Å². The maximum Gasteiger partial charge on any atom is 0.244 e. The number of hydrogen-bond acceptors (Lipinski definition) is 4. The maximum absolute atomic E-state index is 11.8. The second-order valence-corrected chi connectivity index (χ2v) is 7.16. The summed E-state index contributed by atoms with van der Waals surface area (Å²) in [6, 6.07) is 3.20. The van der Waals surface area contributed by atoms with Crippen molar-refractivity contribution >= 4 is 27.4 Å². The molecule has 1 aromatic rings. The molecule has 0 fully saturated rings. The van der Waals surface area contributed by atoms with Crippen molar-refractivity contribution in [1.29, 1.82) is 0 Å². The molecule has 5 nitrogen and oxygen atoms in total. The molecular weight excluding hydrogens is 286 g/mol. The van der Waals surface area contributed by atoms with Gasteiger partial charge in [0.05, 0.1) is 0 Å². The van der Waals surface area contributed by atoms with Gasteiger partial charge in [-0.25, -0.2) is 17.7 Å². The fraction of sp³-hybridized carbons (Fsp3) is 0.583. The van der Waals surface area contributed by atoms with E-state index in [0.717, 1.165) is 23.7 Å². The van der Waals surface area contributed by atoms with Gasteiger partial charge in [0.25, 0.3) is 0 Å². The van der Waals surface area contributed by atoms with Gasteiger partial charge < -0.3 is 5.32 Å². The summed E-state index contributed by atoms with van der Waals surface area (Å²) in [4.78, 5) is 4.28. The zero-order valence-corrected chi connectivity index (χ0v) is 13.0. The first-order valence-corrected chi connectivity index (χ1v) is 8.02. The number of alkyl halides is 1. The van der Waals surface area contributed by atoms with Crippen molar-refractivity contribution in [2.75, 3.05) is 26.0 Å². The Morgan fingerprint density at radius 2 is 2.11 bits per heavy atom. The third-order valence-electron chi connectivity index (χ3n) is 2.72. The Morgan fingerprint density at radius 1 is 1.42 bits per heavy atom. The molecule has 1 unspecified atom stereocenters. The lowest BCUT2D eigenvalue weighted by Gasteiger charge is -2.12. The summed E-state index contributed by atoms with van der Waals surface area (Å²) < 4.78 is 24.8. The van der Waals surface area contributed by atoms with Crippen LogP contribution >= 0.6 is 11.6 Å². The number of pyridine rings is 1. The number of sulfonamides is 1. The molecule has 19 heavy (non-hydrogen) atoms. The molecule has 1 heterocycles. The van der Waals surface area contributed by atoms with E-state index in [2.05, 4.69) is 10.3 Å². The lowest BCUT2D eigenvalue weighted by molar-refractivity contribution is 0.520. The van der Waals surface area contributed by atoms with Crippen molar-refractivity contribution in [3.05, 3.63) is 18.3 Å². The minimum Gasteiger partial charge on any atom is -0.370 e. The predicted molar refractivity (Wildman–Crippen MR) is 78.1 cm³/mol. The van der Waals surface area contributed by atoms with Crippen molar-refractivity contribution in [1.82, 2.24) is 9.29 Å². The van der Waals surface area contributed by atoms with Crippen LogP contribution < -0.4 is 5.32 Å². The van der Waals surface area contributed by atoms with Gasteiger partial charge in [0, 0.05) is 32.2 Å². The molecule has 0 aliphatic rings. The van der Waals surface area contributed by atoms with Crippen molar-refractivity contribution in [3.63, 3.8) is 0 Å². The quantitative estimate of drug-likeness (QED) is 0.784. The van der Waals surface area contributed by atoms with Crippen LogP contribution in [0.25, 0.3) is 0 Å². The third-order valence-corrected chi connectivity index (χ3v) is 5.05. The van der Waals surface area contributed by atoms with Crippen LogP contribution in [0.2, 0.25) is 0 Å². The maximum atomic E-state index is 11.8. The summed E-state index contributed by atoms with van der Waals surface area (Å²) in [7, 11) is -0.424. The molecule has 108 valence electrons. The average Bonchev–Trinajstić information content (AvgIpc) is 2.39. The van der Waals surface area contributed by atoms with E-state index in [1.165, 1.54) is 20.3 Å². The number of halogens is 1. The largest absolute Gasteiger partial charge is 0.370 e. The van der Waals surface area contributed by atoms with E-state index >= 15 is 0 Å². The summed E-state index contributed by atoms with van der Waals surface area (Å²) >= 11 is 6.01. The number of rotatable bonds is 7. The van der Waals surface area contributed by atoms with Gasteiger partial charge in [-0.2, -0.15) is 0 Å². The highest BCUT2D eigenvalue weighted by molar-refractivity contribution is 7.89. The van der Waals surface area contributed by atoms with E-state index in [-0.39, 0.29) is 10.3 Å². The molecule has 1 rings (SSSR count). The minimum atomic E-state index is -3.41. The zero-order valence-electron chi connectivity index (χ0n) is 11.4. The number of hydrogen-bond donors (Lipinski definition) is 1. The Hall–Kier alpha value is -0.850. The predicted octanol–water partition coefficient (Wildman–Crippen LogP) is 2.15. The molecule has 1 N–H and O–H groups in total. The molecule has 7 heteroatoms. The van der Waals surface area contributed by atoms with Crippen molar-refractivity contribution < 1.29 is 8.42 Å². The molecule has 0 bridgehead atoms. The van der Waals surface area contributed by atoms with Crippen molar-refractivity contribution in [2.45, 2.75) is 30.0 Å². The Morgan fingerprint density at radius 3 is 2.58 bits per heavy atom. The number of anilines is 1. The van der Waals surface area contributed by atoms with Crippen LogP contribution in [0.5, 0.6) is 0 Å². The number of nitrogens with zero attached hydrogens (tertiary/aromatic N) is 2. The zero-order chi connectivity index (χ0) is 14.5. The third kappa shape index (κ3) is 4.63. The summed E-state index contributed by atoms with van der Waals surface area (Å²) in [6.07, 6.45) is 3.13. The molecule has 0 aromatic carbocycles. The van der Waals surface area contributed by atoms with Gasteiger partial charge in [0.15, 0.2) is 0 Å². The lowest BCUT2D eigenvalue weighted by atomic mass is 10.2. The normalized spacial score (nSPS) is 13.5. The monoisotopic (exact) mass is 305 g/mol. The molecule has 1 aromatic heterocycles. The van der Waals surface area contributed by atoms with Gasteiger partial charge in [0.2, 0.25) is 10.0 Å². The highest BCUT2D eigenvalue weighted by Gasteiger charge is 2.17. The van der Waals surface area contributed by atoms with Crippen LogP contribution in [-0.4, -0.2) is 43.7 Å². The first-order valence-electron chi connectivity index (χ1n) is 6.14. The van der Waals surface area contributed by atoms with Crippen LogP contribution in [-0.2, 0) is 10.0 Å². The van der Waals surface area contributed by atoms with Gasteiger partial charge in [-0.3, -0.25) is 0 Å². The molecule has 0 aliphatic heterocycles. The summed E-state index contributed by atoms with van der Waals surface area (Å²) in [5.41, 5.74) is 0. The second kappa shape index (κ2) is 7.07. The average molecular weight is 306 g/mol. The molecule has 1 atom stereocenters. The fourth-order valence-corrected chi connectivity index (χ4v) is 2.37. The summed E-state index contributed by atoms with van der Waals surface area (Å²) in [5, 5.41) is 3.27.